The van der Waals surface area contributed by atoms with Gasteiger partial charge in [-0.3, -0.25) is 4.79 Å². The Kier molecular flexibility index (Phi) is 4.78. The number of carbonyl (C=O) groups is 2. The quantitative estimate of drug-likeness (QED) is 0.747. The first-order valence-corrected chi connectivity index (χ1v) is 10.2. The summed E-state index contributed by atoms with van der Waals surface area (Å²) >= 11 is 0. The normalized spacial score (nSPS) is 26.7. The van der Waals surface area contributed by atoms with Crippen molar-refractivity contribution in [3.8, 4) is 0 Å². The van der Waals surface area contributed by atoms with Crippen molar-refractivity contribution >= 4 is 17.6 Å². The van der Waals surface area contributed by atoms with Gasteiger partial charge in [-0.1, -0.05) is 20.3 Å². The molecule has 0 unspecified atom stereocenters. The van der Waals surface area contributed by atoms with Crippen molar-refractivity contribution in [1.82, 2.24) is 10.2 Å². The van der Waals surface area contributed by atoms with Gasteiger partial charge in [0.25, 0.3) is 5.91 Å². The zero-order valence-corrected chi connectivity index (χ0v) is 16.7. The maximum absolute atomic E-state index is 13.4. The molecule has 158 valence electrons. The van der Waals surface area contributed by atoms with Crippen LogP contribution in [0.4, 0.5) is 23.7 Å². The highest BCUT2D eigenvalue weighted by molar-refractivity contribution is 6.07. The summed E-state index contributed by atoms with van der Waals surface area (Å²) in [5.74, 6) is -0.104. The molecule has 3 aliphatic rings. The topological polar surface area (TPSA) is 52.7 Å². The molecule has 1 saturated carbocycles. The van der Waals surface area contributed by atoms with Crippen LogP contribution < -0.4 is 10.2 Å². The Hall–Kier alpha value is -2.25. The molecular formula is C21H26F3N3O2. The van der Waals surface area contributed by atoms with Gasteiger partial charge in [-0.2, -0.15) is 13.2 Å². The molecule has 2 aliphatic heterocycles. The number of carbonyl (C=O) groups excluding carboxylic acids is 2. The van der Waals surface area contributed by atoms with E-state index in [0.717, 1.165) is 25.3 Å². The van der Waals surface area contributed by atoms with Crippen molar-refractivity contribution in [3.05, 3.63) is 29.3 Å². The maximum atomic E-state index is 13.4. The second-order valence-electron chi connectivity index (χ2n) is 8.62. The summed E-state index contributed by atoms with van der Waals surface area (Å²) in [6, 6.07) is 3.29. The van der Waals surface area contributed by atoms with Crippen LogP contribution in [0.1, 0.15) is 50.7 Å². The molecule has 0 radical (unpaired) electrons. The SMILES string of the molecule is C[C@H]1CCC[C@H](C)C12NC(=O)N(CN1CCCc3cc(C(F)(F)F)ccc31)C2=O. The molecular weight excluding hydrogens is 383 g/mol. The number of rotatable bonds is 2. The molecule has 1 aromatic rings. The molecule has 0 bridgehead atoms. The van der Waals surface area contributed by atoms with Crippen molar-refractivity contribution in [2.24, 2.45) is 11.8 Å². The fraction of sp³-hybridized carbons (Fsp3) is 0.619. The van der Waals surface area contributed by atoms with Crippen LogP contribution in [0.2, 0.25) is 0 Å². The first kappa shape index (κ1) is 20.0. The second kappa shape index (κ2) is 6.92. The first-order chi connectivity index (χ1) is 13.6. The Bertz CT molecular complexity index is 829. The van der Waals surface area contributed by atoms with Gasteiger partial charge in [-0.05, 0) is 61.3 Å². The van der Waals surface area contributed by atoms with Crippen LogP contribution in [0.5, 0.6) is 0 Å². The zero-order valence-electron chi connectivity index (χ0n) is 16.7. The lowest BCUT2D eigenvalue weighted by Crippen LogP contribution is -2.59. The lowest BCUT2D eigenvalue weighted by molar-refractivity contribution is -0.138. The Balaban J connectivity index is 1.59. The standard InChI is InChI=1S/C21H26F3N3O2/c1-13-5-3-6-14(2)20(13)18(28)27(19(29)25-20)12-26-10-4-7-15-11-16(21(22,23)24)8-9-17(15)26/h8-9,11,13-14H,3-7,10,12H2,1-2H3,(H,25,29)/t13-,14-/m0/s1. The highest BCUT2D eigenvalue weighted by atomic mass is 19.4. The Morgan fingerprint density at radius 1 is 1.14 bits per heavy atom. The number of nitrogens with zero attached hydrogens (tertiary/aromatic N) is 2. The van der Waals surface area contributed by atoms with Gasteiger partial charge in [0.1, 0.15) is 12.2 Å². The smallest absolute Gasteiger partial charge is 0.353 e. The van der Waals surface area contributed by atoms with E-state index in [4.69, 9.17) is 0 Å². The van der Waals surface area contributed by atoms with E-state index in [1.165, 1.54) is 17.0 Å². The largest absolute Gasteiger partial charge is 0.416 e. The van der Waals surface area contributed by atoms with Crippen molar-refractivity contribution in [2.75, 3.05) is 18.1 Å². The maximum Gasteiger partial charge on any atom is 0.416 e. The number of amides is 3. The summed E-state index contributed by atoms with van der Waals surface area (Å²) in [4.78, 5) is 29.2. The number of nitrogens with one attached hydrogen (secondary N) is 1. The highest BCUT2D eigenvalue weighted by Crippen LogP contribution is 2.42. The minimum absolute atomic E-state index is 0.0516. The molecule has 8 heteroatoms. The van der Waals surface area contributed by atoms with E-state index in [2.05, 4.69) is 5.32 Å². The zero-order chi connectivity index (χ0) is 21.0. The molecule has 4 rings (SSSR count). The molecule has 3 amide bonds. The predicted octanol–water partition coefficient (Wildman–Crippen LogP) is 4.16. The van der Waals surface area contributed by atoms with Gasteiger partial charge in [0.2, 0.25) is 0 Å². The van der Waals surface area contributed by atoms with E-state index >= 15 is 0 Å². The molecule has 5 nitrogen and oxygen atoms in total. The molecule has 1 aliphatic carbocycles. The molecule has 29 heavy (non-hydrogen) atoms. The molecule has 0 aromatic heterocycles. The lowest BCUT2D eigenvalue weighted by atomic mass is 9.67. The van der Waals surface area contributed by atoms with Gasteiger partial charge in [0.05, 0.1) is 5.56 Å². The highest BCUT2D eigenvalue weighted by Gasteiger charge is 2.58. The van der Waals surface area contributed by atoms with Crippen molar-refractivity contribution in [2.45, 2.75) is 57.7 Å². The molecule has 1 saturated heterocycles. The van der Waals surface area contributed by atoms with Gasteiger partial charge >= 0.3 is 12.2 Å². The number of hydrogen-bond acceptors (Lipinski definition) is 3. The number of hydrogen-bond donors (Lipinski definition) is 1. The number of halogens is 3. The third-order valence-electron chi connectivity index (χ3n) is 6.92. The lowest BCUT2D eigenvalue weighted by Gasteiger charge is -2.42. The van der Waals surface area contributed by atoms with E-state index in [9.17, 15) is 22.8 Å². The number of imide groups is 1. The fourth-order valence-corrected chi connectivity index (χ4v) is 5.25. The van der Waals surface area contributed by atoms with Gasteiger partial charge in [-0.25, -0.2) is 9.69 Å². The number of anilines is 1. The van der Waals surface area contributed by atoms with Crippen LogP contribution in [0, 0.1) is 11.8 Å². The Morgan fingerprint density at radius 2 is 1.83 bits per heavy atom. The minimum atomic E-state index is -4.39. The monoisotopic (exact) mass is 409 g/mol. The average Bonchev–Trinajstić information content (AvgIpc) is 2.91. The van der Waals surface area contributed by atoms with Crippen LogP contribution in [0.15, 0.2) is 18.2 Å². The van der Waals surface area contributed by atoms with Crippen LogP contribution >= 0.6 is 0 Å². The summed E-state index contributed by atoms with van der Waals surface area (Å²) < 4.78 is 39.1. The van der Waals surface area contributed by atoms with Gasteiger partial charge in [-0.15, -0.1) is 0 Å². The third-order valence-corrected chi connectivity index (χ3v) is 6.92. The second-order valence-corrected chi connectivity index (χ2v) is 8.62. The number of urea groups is 1. The summed E-state index contributed by atoms with van der Waals surface area (Å²) in [5, 5.41) is 2.97. The van der Waals surface area contributed by atoms with E-state index in [1.54, 1.807) is 0 Å². The van der Waals surface area contributed by atoms with E-state index in [-0.39, 0.29) is 24.4 Å². The van der Waals surface area contributed by atoms with Gasteiger partial charge in [0, 0.05) is 12.2 Å². The Labute approximate surface area is 168 Å². The average molecular weight is 409 g/mol. The number of fused-ring (bicyclic) bond motifs is 1. The van der Waals surface area contributed by atoms with Crippen LogP contribution in [0.25, 0.3) is 0 Å². The number of alkyl halides is 3. The van der Waals surface area contributed by atoms with Crippen LogP contribution in [-0.4, -0.2) is 35.6 Å². The van der Waals surface area contributed by atoms with Crippen molar-refractivity contribution < 1.29 is 22.8 Å². The van der Waals surface area contributed by atoms with Gasteiger partial charge < -0.3 is 10.2 Å². The number of aryl methyl sites for hydroxylation is 1. The van der Waals surface area contributed by atoms with Gasteiger partial charge in [0.15, 0.2) is 0 Å². The van der Waals surface area contributed by atoms with E-state index < -0.39 is 23.3 Å². The summed E-state index contributed by atoms with van der Waals surface area (Å²) in [6.07, 6.45) is -0.353. The molecule has 1 spiro atoms. The van der Waals surface area contributed by atoms with Crippen LogP contribution in [0.3, 0.4) is 0 Å². The third kappa shape index (κ3) is 3.16. The first-order valence-electron chi connectivity index (χ1n) is 10.2. The van der Waals surface area contributed by atoms with Crippen LogP contribution in [-0.2, 0) is 17.4 Å². The summed E-state index contributed by atoms with van der Waals surface area (Å²) in [6.45, 7) is 4.66. The fourth-order valence-electron chi connectivity index (χ4n) is 5.25. The van der Waals surface area contributed by atoms with E-state index in [0.29, 0.717) is 30.6 Å². The summed E-state index contributed by atoms with van der Waals surface area (Å²) in [5.41, 5.74) is -0.270. The molecule has 2 fully saturated rings. The Morgan fingerprint density at radius 3 is 2.48 bits per heavy atom. The minimum Gasteiger partial charge on any atom is -0.353 e. The predicted molar refractivity (Wildman–Crippen MR) is 102 cm³/mol. The van der Waals surface area contributed by atoms with Crippen molar-refractivity contribution in [1.29, 1.82) is 0 Å². The molecule has 2 heterocycles. The van der Waals surface area contributed by atoms with Crippen molar-refractivity contribution in [3.63, 3.8) is 0 Å². The molecule has 1 aromatic carbocycles. The molecule has 1 N–H and O–H groups in total. The molecule has 2 atom stereocenters. The summed E-state index contributed by atoms with van der Waals surface area (Å²) in [7, 11) is 0. The van der Waals surface area contributed by atoms with E-state index in [1.807, 2.05) is 18.7 Å². The number of benzene rings is 1.